The van der Waals surface area contributed by atoms with Gasteiger partial charge in [-0.1, -0.05) is 0 Å². The molecule has 3 N–H and O–H groups in total. The predicted molar refractivity (Wildman–Crippen MR) is 78.1 cm³/mol. The topological polar surface area (TPSA) is 90.4 Å². The number of anilines is 1. The molecule has 0 heterocycles. The molecule has 1 aromatic carbocycles. The van der Waals surface area contributed by atoms with E-state index in [4.69, 9.17) is 10.5 Å². The fourth-order valence-corrected chi connectivity index (χ4v) is 2.49. The number of nitrogens with one attached hydrogen (secondary N) is 1. The number of nitrogens with two attached hydrogens (primary N) is 1. The minimum absolute atomic E-state index is 0.0252. The number of nitrogens with zero attached hydrogens (tertiary/aromatic N) is 1. The van der Waals surface area contributed by atoms with Crippen molar-refractivity contribution in [1.82, 2.24) is 0 Å². The number of nitro benzene ring substituents is 1. The van der Waals surface area contributed by atoms with Gasteiger partial charge in [-0.2, -0.15) is 0 Å². The standard InChI is InChI=1S/C14H21N3O3/c1-9(2)20-12-7-10(6-11(8-12)17(18)19)16-14-5-3-4-13(14)15/h6-9,13-14,16H,3-5,15H2,1-2H3. The van der Waals surface area contributed by atoms with Gasteiger partial charge in [0, 0.05) is 29.9 Å². The molecule has 20 heavy (non-hydrogen) atoms. The maximum Gasteiger partial charge on any atom is 0.275 e. The molecular weight excluding hydrogens is 258 g/mol. The first kappa shape index (κ1) is 14.6. The van der Waals surface area contributed by atoms with E-state index in [0.717, 1.165) is 19.3 Å². The number of non-ortho nitro benzene ring substituents is 1. The van der Waals surface area contributed by atoms with E-state index in [-0.39, 0.29) is 23.9 Å². The summed E-state index contributed by atoms with van der Waals surface area (Å²) in [5.41, 5.74) is 6.73. The lowest BCUT2D eigenvalue weighted by Crippen LogP contribution is -2.35. The van der Waals surface area contributed by atoms with Crippen molar-refractivity contribution in [3.8, 4) is 5.75 Å². The molecule has 1 saturated carbocycles. The van der Waals surface area contributed by atoms with E-state index in [2.05, 4.69) is 5.32 Å². The van der Waals surface area contributed by atoms with Crippen LogP contribution in [0.25, 0.3) is 0 Å². The van der Waals surface area contributed by atoms with Gasteiger partial charge in [-0.05, 0) is 33.1 Å². The summed E-state index contributed by atoms with van der Waals surface area (Å²) in [7, 11) is 0. The van der Waals surface area contributed by atoms with Gasteiger partial charge in [0.15, 0.2) is 0 Å². The Labute approximate surface area is 118 Å². The maximum absolute atomic E-state index is 11.0. The Morgan fingerprint density at radius 2 is 2.15 bits per heavy atom. The monoisotopic (exact) mass is 279 g/mol. The summed E-state index contributed by atoms with van der Waals surface area (Å²) in [4.78, 5) is 10.6. The molecule has 6 heteroatoms. The summed E-state index contributed by atoms with van der Waals surface area (Å²) in [5.74, 6) is 0.503. The van der Waals surface area contributed by atoms with Crippen LogP contribution in [0.3, 0.4) is 0 Å². The minimum atomic E-state index is -0.410. The highest BCUT2D eigenvalue weighted by Gasteiger charge is 2.24. The lowest BCUT2D eigenvalue weighted by atomic mass is 10.1. The molecule has 0 bridgehead atoms. The van der Waals surface area contributed by atoms with E-state index < -0.39 is 4.92 Å². The molecule has 6 nitrogen and oxygen atoms in total. The zero-order valence-corrected chi connectivity index (χ0v) is 11.8. The summed E-state index contributed by atoms with van der Waals surface area (Å²) in [6, 6.07) is 5.03. The highest BCUT2D eigenvalue weighted by molar-refractivity contribution is 5.57. The Kier molecular flexibility index (Phi) is 4.44. The van der Waals surface area contributed by atoms with Crippen molar-refractivity contribution < 1.29 is 9.66 Å². The third-order valence-corrected chi connectivity index (χ3v) is 3.40. The van der Waals surface area contributed by atoms with Crippen LogP contribution in [0.15, 0.2) is 18.2 Å². The first-order chi connectivity index (χ1) is 9.45. The SMILES string of the molecule is CC(C)Oc1cc(NC2CCCC2N)cc([N+](=O)[O-])c1. The third-order valence-electron chi connectivity index (χ3n) is 3.40. The van der Waals surface area contributed by atoms with Crippen molar-refractivity contribution in [2.45, 2.75) is 51.3 Å². The van der Waals surface area contributed by atoms with Gasteiger partial charge in [-0.3, -0.25) is 10.1 Å². The van der Waals surface area contributed by atoms with E-state index in [9.17, 15) is 10.1 Å². The van der Waals surface area contributed by atoms with Crippen LogP contribution in [0.2, 0.25) is 0 Å². The largest absolute Gasteiger partial charge is 0.491 e. The van der Waals surface area contributed by atoms with Gasteiger partial charge in [-0.25, -0.2) is 0 Å². The Bertz CT molecular complexity index is 491. The molecule has 0 aromatic heterocycles. The minimum Gasteiger partial charge on any atom is -0.491 e. The van der Waals surface area contributed by atoms with E-state index in [1.54, 1.807) is 6.07 Å². The van der Waals surface area contributed by atoms with E-state index in [1.807, 2.05) is 13.8 Å². The van der Waals surface area contributed by atoms with Gasteiger partial charge in [0.25, 0.3) is 5.69 Å². The van der Waals surface area contributed by atoms with Crippen molar-refractivity contribution in [2.75, 3.05) is 5.32 Å². The van der Waals surface area contributed by atoms with E-state index >= 15 is 0 Å². The third kappa shape index (κ3) is 3.60. The molecule has 0 radical (unpaired) electrons. The number of nitro groups is 1. The molecule has 0 aliphatic heterocycles. The van der Waals surface area contributed by atoms with Gasteiger partial charge in [0.05, 0.1) is 17.1 Å². The van der Waals surface area contributed by atoms with Gasteiger partial charge >= 0.3 is 0 Å². The number of ether oxygens (including phenoxy) is 1. The molecule has 1 aliphatic rings. The van der Waals surface area contributed by atoms with Gasteiger partial charge in [0.2, 0.25) is 0 Å². The Hall–Kier alpha value is -1.82. The lowest BCUT2D eigenvalue weighted by Gasteiger charge is -2.19. The lowest BCUT2D eigenvalue weighted by molar-refractivity contribution is -0.384. The first-order valence-corrected chi connectivity index (χ1v) is 6.94. The molecule has 1 fully saturated rings. The first-order valence-electron chi connectivity index (χ1n) is 6.94. The number of hydrogen-bond donors (Lipinski definition) is 2. The predicted octanol–water partition coefficient (Wildman–Crippen LogP) is 2.67. The van der Waals surface area contributed by atoms with Crippen molar-refractivity contribution >= 4 is 11.4 Å². The smallest absolute Gasteiger partial charge is 0.275 e. The highest BCUT2D eigenvalue weighted by atomic mass is 16.6. The zero-order chi connectivity index (χ0) is 14.7. The van der Waals surface area contributed by atoms with E-state index in [1.165, 1.54) is 12.1 Å². The van der Waals surface area contributed by atoms with Crippen LogP contribution < -0.4 is 15.8 Å². The molecule has 1 aliphatic carbocycles. The van der Waals surface area contributed by atoms with Crippen LogP contribution in [0.1, 0.15) is 33.1 Å². The molecule has 2 unspecified atom stereocenters. The quantitative estimate of drug-likeness (QED) is 0.638. The van der Waals surface area contributed by atoms with Crippen LogP contribution in [-0.2, 0) is 0 Å². The Balaban J connectivity index is 2.21. The average Bonchev–Trinajstić information content (AvgIpc) is 2.73. The maximum atomic E-state index is 11.0. The molecule has 0 amide bonds. The van der Waals surface area contributed by atoms with Crippen LogP contribution in [-0.4, -0.2) is 23.1 Å². The highest BCUT2D eigenvalue weighted by Crippen LogP contribution is 2.29. The average molecular weight is 279 g/mol. The van der Waals surface area contributed by atoms with Gasteiger partial charge in [-0.15, -0.1) is 0 Å². The fraction of sp³-hybridized carbons (Fsp3) is 0.571. The summed E-state index contributed by atoms with van der Waals surface area (Å²) >= 11 is 0. The van der Waals surface area contributed by atoms with Crippen LogP contribution in [0, 0.1) is 10.1 Å². The van der Waals surface area contributed by atoms with E-state index in [0.29, 0.717) is 11.4 Å². The van der Waals surface area contributed by atoms with Crippen LogP contribution in [0.5, 0.6) is 5.75 Å². The molecule has 0 saturated heterocycles. The van der Waals surface area contributed by atoms with Crippen molar-refractivity contribution in [3.05, 3.63) is 28.3 Å². The number of benzene rings is 1. The Morgan fingerprint density at radius 3 is 2.70 bits per heavy atom. The fourth-order valence-electron chi connectivity index (χ4n) is 2.49. The van der Waals surface area contributed by atoms with Crippen molar-refractivity contribution in [1.29, 1.82) is 0 Å². The molecular formula is C14H21N3O3. The van der Waals surface area contributed by atoms with Crippen LogP contribution >= 0.6 is 0 Å². The summed E-state index contributed by atoms with van der Waals surface area (Å²) < 4.78 is 5.56. The summed E-state index contributed by atoms with van der Waals surface area (Å²) in [5, 5.41) is 14.3. The van der Waals surface area contributed by atoms with Gasteiger partial charge in [0.1, 0.15) is 5.75 Å². The summed E-state index contributed by atoms with van der Waals surface area (Å²) in [6.07, 6.45) is 3.04. The van der Waals surface area contributed by atoms with Crippen LogP contribution in [0.4, 0.5) is 11.4 Å². The summed E-state index contributed by atoms with van der Waals surface area (Å²) in [6.45, 7) is 3.78. The molecule has 1 aromatic rings. The second-order valence-corrected chi connectivity index (χ2v) is 5.48. The number of hydrogen-bond acceptors (Lipinski definition) is 5. The molecule has 0 spiro atoms. The normalized spacial score (nSPS) is 22.0. The second kappa shape index (κ2) is 6.09. The van der Waals surface area contributed by atoms with Gasteiger partial charge < -0.3 is 15.8 Å². The Morgan fingerprint density at radius 1 is 1.40 bits per heavy atom. The number of rotatable bonds is 5. The molecule has 2 atom stereocenters. The molecule has 110 valence electrons. The zero-order valence-electron chi connectivity index (χ0n) is 11.8. The van der Waals surface area contributed by atoms with Crippen molar-refractivity contribution in [3.63, 3.8) is 0 Å². The van der Waals surface area contributed by atoms with Crippen molar-refractivity contribution in [2.24, 2.45) is 5.73 Å². The molecule has 2 rings (SSSR count). The second-order valence-electron chi connectivity index (χ2n) is 5.48.